The lowest BCUT2D eigenvalue weighted by Crippen LogP contribution is -2.24. The molecule has 1 aromatic rings. The first-order valence-corrected chi connectivity index (χ1v) is 5.61. The Morgan fingerprint density at radius 1 is 1.56 bits per heavy atom. The van der Waals surface area contributed by atoms with Crippen LogP contribution in [0.15, 0.2) is 12.3 Å². The predicted molar refractivity (Wildman–Crippen MR) is 64.4 cm³/mol. The molecule has 0 aliphatic heterocycles. The van der Waals surface area contributed by atoms with Gasteiger partial charge in [0.15, 0.2) is 0 Å². The van der Waals surface area contributed by atoms with Gasteiger partial charge >= 0.3 is 5.97 Å². The maximum Gasteiger partial charge on any atom is 0.337 e. The number of aromatic nitrogens is 1. The van der Waals surface area contributed by atoms with E-state index >= 15 is 0 Å². The molecule has 4 nitrogen and oxygen atoms in total. The highest BCUT2D eigenvalue weighted by Gasteiger charge is 2.13. The third-order valence-electron chi connectivity index (χ3n) is 2.27. The van der Waals surface area contributed by atoms with Crippen LogP contribution >= 0.6 is 11.6 Å². The summed E-state index contributed by atoms with van der Waals surface area (Å²) < 4.78 is 0. The van der Waals surface area contributed by atoms with Crippen molar-refractivity contribution < 1.29 is 9.90 Å². The van der Waals surface area contributed by atoms with Crippen LogP contribution in [0.25, 0.3) is 0 Å². The first-order chi connectivity index (χ1) is 7.60. The molecule has 0 unspecified atom stereocenters. The predicted octanol–water partition coefficient (Wildman–Crippen LogP) is 2.67. The molecule has 0 fully saturated rings. The molecule has 16 heavy (non-hydrogen) atoms. The second-order valence-electron chi connectivity index (χ2n) is 3.41. The summed E-state index contributed by atoms with van der Waals surface area (Å²) in [5.74, 6) is -0.368. The van der Waals surface area contributed by atoms with Crippen molar-refractivity contribution in [3.63, 3.8) is 0 Å². The Morgan fingerprint density at radius 2 is 2.25 bits per heavy atom. The van der Waals surface area contributed by atoms with Crippen LogP contribution in [0.1, 0.15) is 30.6 Å². The lowest BCUT2D eigenvalue weighted by molar-refractivity contribution is 0.0697. The number of halogens is 1. The van der Waals surface area contributed by atoms with Crippen LogP contribution in [0.4, 0.5) is 5.82 Å². The molecule has 88 valence electrons. The standard InChI is InChI=1S/C11H15ClN2O2/c1-3-5-14(4-2)10-6-8(11(15)16)9(12)7-13-10/h6-7H,3-5H2,1-2H3,(H,15,16). The van der Waals surface area contributed by atoms with E-state index < -0.39 is 5.97 Å². The fourth-order valence-electron chi connectivity index (χ4n) is 1.47. The molecule has 1 aromatic heterocycles. The molecule has 0 amide bonds. The van der Waals surface area contributed by atoms with Gasteiger partial charge in [-0.15, -0.1) is 0 Å². The molecule has 1 heterocycles. The SMILES string of the molecule is CCCN(CC)c1cc(C(=O)O)c(Cl)cn1. The highest BCUT2D eigenvalue weighted by Crippen LogP contribution is 2.20. The summed E-state index contributed by atoms with van der Waals surface area (Å²) in [6, 6.07) is 1.52. The molecule has 1 rings (SSSR count). The summed E-state index contributed by atoms with van der Waals surface area (Å²) in [7, 11) is 0. The summed E-state index contributed by atoms with van der Waals surface area (Å²) >= 11 is 5.75. The summed E-state index contributed by atoms with van der Waals surface area (Å²) in [5.41, 5.74) is 0.0984. The van der Waals surface area contributed by atoms with Crippen molar-refractivity contribution in [1.29, 1.82) is 0 Å². The zero-order valence-corrected chi connectivity index (χ0v) is 10.2. The second-order valence-corrected chi connectivity index (χ2v) is 3.81. The topological polar surface area (TPSA) is 53.4 Å². The molecular formula is C11H15ClN2O2. The van der Waals surface area contributed by atoms with Crippen LogP contribution in [0, 0.1) is 0 Å². The van der Waals surface area contributed by atoms with Gasteiger partial charge in [-0.3, -0.25) is 0 Å². The number of nitrogens with zero attached hydrogens (tertiary/aromatic N) is 2. The smallest absolute Gasteiger partial charge is 0.337 e. The average molecular weight is 243 g/mol. The number of pyridine rings is 1. The maximum atomic E-state index is 10.9. The Kier molecular flexibility index (Phi) is 4.55. The first kappa shape index (κ1) is 12.8. The van der Waals surface area contributed by atoms with Crippen LogP contribution < -0.4 is 4.90 Å². The Balaban J connectivity index is 3.05. The quantitative estimate of drug-likeness (QED) is 0.863. The van der Waals surface area contributed by atoms with E-state index in [1.54, 1.807) is 0 Å². The Hall–Kier alpha value is -1.29. The zero-order chi connectivity index (χ0) is 12.1. The van der Waals surface area contributed by atoms with Gasteiger partial charge in [-0.05, 0) is 19.4 Å². The largest absolute Gasteiger partial charge is 0.478 e. The minimum atomic E-state index is -1.03. The van der Waals surface area contributed by atoms with Gasteiger partial charge in [-0.25, -0.2) is 9.78 Å². The van der Waals surface area contributed by atoms with E-state index in [1.807, 2.05) is 11.8 Å². The number of anilines is 1. The highest BCUT2D eigenvalue weighted by molar-refractivity contribution is 6.33. The number of carboxylic acids is 1. The molecule has 0 atom stereocenters. The van der Waals surface area contributed by atoms with Gasteiger partial charge in [-0.1, -0.05) is 18.5 Å². The van der Waals surface area contributed by atoms with E-state index in [0.717, 1.165) is 19.5 Å². The monoisotopic (exact) mass is 242 g/mol. The van der Waals surface area contributed by atoms with E-state index in [9.17, 15) is 4.79 Å². The number of rotatable bonds is 5. The molecule has 0 aromatic carbocycles. The minimum Gasteiger partial charge on any atom is -0.478 e. The van der Waals surface area contributed by atoms with E-state index in [4.69, 9.17) is 16.7 Å². The first-order valence-electron chi connectivity index (χ1n) is 5.23. The number of hydrogen-bond acceptors (Lipinski definition) is 3. The van der Waals surface area contributed by atoms with Crippen LogP contribution in [-0.4, -0.2) is 29.1 Å². The van der Waals surface area contributed by atoms with Crippen molar-refractivity contribution in [1.82, 2.24) is 4.98 Å². The van der Waals surface area contributed by atoms with Crippen LogP contribution in [0.2, 0.25) is 5.02 Å². The maximum absolute atomic E-state index is 10.9. The van der Waals surface area contributed by atoms with Crippen molar-refractivity contribution in [2.75, 3.05) is 18.0 Å². The molecule has 0 spiro atoms. The number of aromatic carboxylic acids is 1. The molecular weight excluding hydrogens is 228 g/mol. The van der Waals surface area contributed by atoms with Gasteiger partial charge in [0, 0.05) is 19.3 Å². The summed E-state index contributed by atoms with van der Waals surface area (Å²) in [6.45, 7) is 5.72. The molecule has 0 aliphatic rings. The fourth-order valence-corrected chi connectivity index (χ4v) is 1.65. The van der Waals surface area contributed by atoms with Crippen LogP contribution in [0.3, 0.4) is 0 Å². The van der Waals surface area contributed by atoms with Gasteiger partial charge < -0.3 is 10.0 Å². The highest BCUT2D eigenvalue weighted by atomic mass is 35.5. The van der Waals surface area contributed by atoms with E-state index in [2.05, 4.69) is 11.9 Å². The molecule has 1 N–H and O–H groups in total. The lowest BCUT2D eigenvalue weighted by Gasteiger charge is -2.21. The average Bonchev–Trinajstić information content (AvgIpc) is 2.26. The van der Waals surface area contributed by atoms with E-state index in [0.29, 0.717) is 5.82 Å². The van der Waals surface area contributed by atoms with E-state index in [1.165, 1.54) is 12.3 Å². The van der Waals surface area contributed by atoms with Crippen LogP contribution in [0.5, 0.6) is 0 Å². The van der Waals surface area contributed by atoms with Crippen LogP contribution in [-0.2, 0) is 0 Å². The molecule has 5 heteroatoms. The summed E-state index contributed by atoms with van der Waals surface area (Å²) in [5, 5.41) is 9.11. The Morgan fingerprint density at radius 3 is 2.75 bits per heavy atom. The van der Waals surface area contributed by atoms with Crippen molar-refractivity contribution in [3.05, 3.63) is 22.8 Å². The van der Waals surface area contributed by atoms with Gasteiger partial charge in [0.2, 0.25) is 0 Å². The normalized spacial score (nSPS) is 10.2. The van der Waals surface area contributed by atoms with Crippen molar-refractivity contribution >= 4 is 23.4 Å². The Labute approximate surface area is 99.9 Å². The third kappa shape index (κ3) is 2.85. The summed E-state index contributed by atoms with van der Waals surface area (Å²) in [6.07, 6.45) is 2.37. The Bertz CT molecular complexity index is 382. The number of hydrogen-bond donors (Lipinski definition) is 1. The van der Waals surface area contributed by atoms with Gasteiger partial charge in [0.05, 0.1) is 10.6 Å². The minimum absolute atomic E-state index is 0.0984. The van der Waals surface area contributed by atoms with Crippen molar-refractivity contribution in [3.8, 4) is 0 Å². The van der Waals surface area contributed by atoms with Crippen molar-refractivity contribution in [2.24, 2.45) is 0 Å². The van der Waals surface area contributed by atoms with Crippen molar-refractivity contribution in [2.45, 2.75) is 20.3 Å². The van der Waals surface area contributed by atoms with Gasteiger partial charge in [0.25, 0.3) is 0 Å². The molecule has 0 aliphatic carbocycles. The zero-order valence-electron chi connectivity index (χ0n) is 9.40. The van der Waals surface area contributed by atoms with Gasteiger partial charge in [0.1, 0.15) is 5.82 Å². The fraction of sp³-hybridized carbons (Fsp3) is 0.455. The van der Waals surface area contributed by atoms with Gasteiger partial charge in [-0.2, -0.15) is 0 Å². The van der Waals surface area contributed by atoms with E-state index in [-0.39, 0.29) is 10.6 Å². The number of carbonyl (C=O) groups is 1. The molecule has 0 saturated heterocycles. The number of carboxylic acid groups (broad SMARTS) is 1. The molecule has 0 bridgehead atoms. The third-order valence-corrected chi connectivity index (χ3v) is 2.57. The lowest BCUT2D eigenvalue weighted by atomic mass is 10.2. The summed E-state index contributed by atoms with van der Waals surface area (Å²) in [4.78, 5) is 17.1. The molecule has 0 saturated carbocycles. The molecule has 0 radical (unpaired) electrons. The second kappa shape index (κ2) is 5.70.